The second-order valence-corrected chi connectivity index (χ2v) is 6.89. The van der Waals surface area contributed by atoms with Gasteiger partial charge in [-0.05, 0) is 29.4 Å². The van der Waals surface area contributed by atoms with Gasteiger partial charge in [0.15, 0.2) is 0 Å². The average molecular weight is 344 g/mol. The quantitative estimate of drug-likeness (QED) is 0.611. The molecule has 0 amide bonds. The topological polar surface area (TPSA) is 43.4 Å². The molecule has 1 aliphatic carbocycles. The lowest BCUT2D eigenvalue weighted by Gasteiger charge is -2.09. The Balaban J connectivity index is 1.57. The molecule has 1 heterocycles. The van der Waals surface area contributed by atoms with Crippen molar-refractivity contribution < 1.29 is 14.3 Å². The summed E-state index contributed by atoms with van der Waals surface area (Å²) in [4.78, 5) is 24.4. The lowest BCUT2D eigenvalue weighted by Crippen LogP contribution is -2.19. The van der Waals surface area contributed by atoms with E-state index < -0.39 is 0 Å². The maximum Gasteiger partial charge on any atom is 0.318 e. The van der Waals surface area contributed by atoms with Crippen LogP contribution in [0.2, 0.25) is 0 Å². The minimum absolute atomic E-state index is 0.0181. The Kier molecular flexibility index (Phi) is 4.53. The van der Waals surface area contributed by atoms with Crippen LogP contribution in [0.5, 0.6) is 0 Å². The third kappa shape index (κ3) is 3.25. The lowest BCUT2D eigenvalue weighted by atomic mass is 9.88. The van der Waals surface area contributed by atoms with Gasteiger partial charge in [0.2, 0.25) is 0 Å². The molecule has 2 fully saturated rings. The molecule has 2 aliphatic rings. The number of carbonyl (C=O) groups is 2. The summed E-state index contributed by atoms with van der Waals surface area (Å²) in [5.74, 6) is -1.45. The Morgan fingerprint density at radius 3 is 1.54 bits per heavy atom. The smallest absolute Gasteiger partial charge is 0.318 e. The maximum atomic E-state index is 12.2. The van der Waals surface area contributed by atoms with Crippen LogP contribution in [0.25, 0.3) is 12.2 Å². The molecule has 3 unspecified atom stereocenters. The number of rotatable bonds is 4. The van der Waals surface area contributed by atoms with Gasteiger partial charge in [0.05, 0.1) is 11.8 Å². The van der Waals surface area contributed by atoms with Crippen molar-refractivity contribution in [1.29, 1.82) is 0 Å². The third-order valence-electron chi connectivity index (χ3n) is 5.27. The fourth-order valence-corrected chi connectivity index (χ4v) is 4.01. The minimum atomic E-state index is -0.377. The van der Waals surface area contributed by atoms with Crippen LogP contribution in [0.1, 0.15) is 17.5 Å². The Bertz CT molecular complexity index is 780. The normalized spacial score (nSPS) is 28.0. The Labute approximate surface area is 153 Å². The van der Waals surface area contributed by atoms with Gasteiger partial charge in [0.25, 0.3) is 0 Å². The number of hydrogen-bond acceptors (Lipinski definition) is 3. The second kappa shape index (κ2) is 7.12. The zero-order valence-corrected chi connectivity index (χ0v) is 14.3. The predicted molar refractivity (Wildman–Crippen MR) is 101 cm³/mol. The van der Waals surface area contributed by atoms with Gasteiger partial charge in [-0.1, -0.05) is 85.0 Å². The molecule has 4 rings (SSSR count). The molecule has 3 heteroatoms. The highest BCUT2D eigenvalue weighted by Gasteiger charge is 2.55. The van der Waals surface area contributed by atoms with Crippen molar-refractivity contribution in [3.63, 3.8) is 0 Å². The van der Waals surface area contributed by atoms with Gasteiger partial charge in [-0.3, -0.25) is 9.59 Å². The zero-order valence-electron chi connectivity index (χ0n) is 14.3. The van der Waals surface area contributed by atoms with E-state index in [0.29, 0.717) is 0 Å². The summed E-state index contributed by atoms with van der Waals surface area (Å²) < 4.78 is 4.95. The van der Waals surface area contributed by atoms with E-state index in [2.05, 4.69) is 12.2 Å². The van der Waals surface area contributed by atoms with Gasteiger partial charge in [-0.25, -0.2) is 0 Å². The van der Waals surface area contributed by atoms with Crippen LogP contribution in [-0.2, 0) is 14.3 Å². The van der Waals surface area contributed by atoms with Crippen molar-refractivity contribution >= 4 is 24.1 Å². The van der Waals surface area contributed by atoms with Crippen LogP contribution in [0.4, 0.5) is 0 Å². The number of hydrogen-bond donors (Lipinski definition) is 0. The number of cyclic esters (lactones) is 2. The van der Waals surface area contributed by atoms with E-state index in [9.17, 15) is 9.59 Å². The molecule has 2 aromatic carbocycles. The monoisotopic (exact) mass is 344 g/mol. The van der Waals surface area contributed by atoms with Gasteiger partial charge in [0, 0.05) is 0 Å². The average Bonchev–Trinajstić information content (AvgIpc) is 3.19. The lowest BCUT2D eigenvalue weighted by molar-refractivity contribution is -0.154. The summed E-state index contributed by atoms with van der Waals surface area (Å²) in [5, 5.41) is 0. The van der Waals surface area contributed by atoms with Crippen molar-refractivity contribution in [1.82, 2.24) is 0 Å². The van der Waals surface area contributed by atoms with Crippen LogP contribution < -0.4 is 0 Å². The molecule has 1 aliphatic heterocycles. The van der Waals surface area contributed by atoms with Crippen molar-refractivity contribution in [2.45, 2.75) is 6.42 Å². The molecule has 0 radical (unpaired) electrons. The van der Waals surface area contributed by atoms with Gasteiger partial charge in [0.1, 0.15) is 0 Å². The van der Waals surface area contributed by atoms with Crippen LogP contribution in [0.3, 0.4) is 0 Å². The van der Waals surface area contributed by atoms with E-state index in [1.807, 2.05) is 72.8 Å². The van der Waals surface area contributed by atoms with E-state index in [1.54, 1.807) is 0 Å². The molecule has 4 atom stereocenters. The SMILES string of the molecule is O=C1OC(=O)[C@H]2C(/C=C/c3ccccc3)CC(/C=C/c3ccccc3)C12. The summed E-state index contributed by atoms with van der Waals surface area (Å²) in [6, 6.07) is 20.0. The van der Waals surface area contributed by atoms with Crippen LogP contribution in [0.15, 0.2) is 72.8 Å². The molecule has 0 spiro atoms. The first-order valence-corrected chi connectivity index (χ1v) is 8.94. The van der Waals surface area contributed by atoms with Gasteiger partial charge >= 0.3 is 11.9 Å². The van der Waals surface area contributed by atoms with Crippen LogP contribution in [0, 0.1) is 23.7 Å². The summed E-state index contributed by atoms with van der Waals surface area (Å²) >= 11 is 0. The van der Waals surface area contributed by atoms with Crippen molar-refractivity contribution in [3.05, 3.63) is 83.9 Å². The molecule has 130 valence electrons. The van der Waals surface area contributed by atoms with E-state index >= 15 is 0 Å². The first kappa shape index (κ1) is 16.5. The molecule has 26 heavy (non-hydrogen) atoms. The molecule has 0 N–H and O–H groups in total. The fraction of sp³-hybridized carbons (Fsp3) is 0.217. The van der Waals surface area contributed by atoms with E-state index in [1.165, 1.54) is 0 Å². The number of fused-ring (bicyclic) bond motifs is 1. The summed E-state index contributed by atoms with van der Waals surface area (Å²) in [7, 11) is 0. The van der Waals surface area contributed by atoms with Crippen molar-refractivity contribution in [2.24, 2.45) is 23.7 Å². The largest absolute Gasteiger partial charge is 0.393 e. The number of ether oxygens (including phenoxy) is 1. The first-order chi connectivity index (χ1) is 12.7. The van der Waals surface area contributed by atoms with E-state index in [0.717, 1.165) is 17.5 Å². The first-order valence-electron chi connectivity index (χ1n) is 8.94. The molecule has 0 aromatic heterocycles. The summed E-state index contributed by atoms with van der Waals surface area (Å²) in [6.07, 6.45) is 8.96. The Hall–Kier alpha value is -2.94. The van der Waals surface area contributed by atoms with Gasteiger partial charge in [-0.2, -0.15) is 0 Å². The number of benzene rings is 2. The number of esters is 2. The summed E-state index contributed by atoms with van der Waals surface area (Å²) in [5.41, 5.74) is 2.18. The highest BCUT2D eigenvalue weighted by Crippen LogP contribution is 2.48. The zero-order chi connectivity index (χ0) is 17.9. The molecule has 0 bridgehead atoms. The minimum Gasteiger partial charge on any atom is -0.393 e. The maximum absolute atomic E-state index is 12.2. The highest BCUT2D eigenvalue weighted by atomic mass is 16.6. The van der Waals surface area contributed by atoms with Crippen molar-refractivity contribution in [3.8, 4) is 0 Å². The van der Waals surface area contributed by atoms with Gasteiger partial charge in [-0.15, -0.1) is 0 Å². The predicted octanol–water partition coefficient (Wildman–Crippen LogP) is 4.37. The molecular formula is C23H20O3. The molecule has 1 saturated carbocycles. The molecule has 2 aromatic rings. The Morgan fingerprint density at radius 1 is 0.692 bits per heavy atom. The Morgan fingerprint density at radius 2 is 1.12 bits per heavy atom. The highest BCUT2D eigenvalue weighted by molar-refractivity contribution is 5.97. The molecular weight excluding hydrogens is 324 g/mol. The second-order valence-electron chi connectivity index (χ2n) is 6.89. The van der Waals surface area contributed by atoms with E-state index in [-0.39, 0.29) is 35.6 Å². The standard InChI is InChI=1S/C23H20O3/c24-22-20-18(13-11-16-7-3-1-4-8-16)15-19(21(20)23(25)26-22)14-12-17-9-5-2-6-10-17/h1-14,18-21H,15H2/b13-11+,14-12+/t18?,19?,20-,21?/m0/s1. The van der Waals surface area contributed by atoms with Crippen molar-refractivity contribution in [2.75, 3.05) is 0 Å². The molecule has 3 nitrogen and oxygen atoms in total. The van der Waals surface area contributed by atoms with Crippen LogP contribution >= 0.6 is 0 Å². The van der Waals surface area contributed by atoms with Gasteiger partial charge < -0.3 is 4.74 Å². The molecule has 1 saturated heterocycles. The summed E-state index contributed by atoms with van der Waals surface area (Å²) in [6.45, 7) is 0. The van der Waals surface area contributed by atoms with Crippen LogP contribution in [-0.4, -0.2) is 11.9 Å². The fourth-order valence-electron chi connectivity index (χ4n) is 4.01. The third-order valence-corrected chi connectivity index (χ3v) is 5.27. The number of allylic oxidation sites excluding steroid dienone is 2. The van der Waals surface area contributed by atoms with E-state index in [4.69, 9.17) is 4.74 Å². The number of carbonyl (C=O) groups excluding carboxylic acids is 2.